The van der Waals surface area contributed by atoms with Crippen LogP contribution in [-0.4, -0.2) is 0 Å². The van der Waals surface area contributed by atoms with Crippen LogP contribution in [-0.2, 0) is 13.1 Å². The molecule has 0 atom stereocenters. The Morgan fingerprint density at radius 3 is 1.12 bits per heavy atom. The molecule has 4 N–H and O–H groups in total. The van der Waals surface area contributed by atoms with Gasteiger partial charge in [-0.05, 0) is 12.8 Å². The minimum atomic E-state index is 0.834. The number of hydrogen-bond acceptors (Lipinski definition) is 2. The molecule has 4 nitrogen and oxygen atoms in total. The Labute approximate surface area is 146 Å². The van der Waals surface area contributed by atoms with E-state index >= 15 is 0 Å². The smallest absolute Gasteiger partial charge is 0.170 e. The lowest BCUT2D eigenvalue weighted by atomic mass is 10.1. The third-order valence-electron chi connectivity index (χ3n) is 4.42. The van der Waals surface area contributed by atoms with Crippen LogP contribution in [0.1, 0.15) is 51.4 Å². The number of nitrogens with two attached hydrogens (primary N) is 2. The summed E-state index contributed by atoms with van der Waals surface area (Å²) in [5, 5.41) is 0. The van der Waals surface area contributed by atoms with Crippen LogP contribution in [0.15, 0.2) is 49.1 Å². The summed E-state index contributed by atoms with van der Waals surface area (Å²) in [5.41, 5.74) is 13.0. The highest BCUT2D eigenvalue weighted by atomic mass is 14.9. The highest BCUT2D eigenvalue weighted by Crippen LogP contribution is 2.08. The van der Waals surface area contributed by atoms with Crippen molar-refractivity contribution in [2.45, 2.75) is 64.5 Å². The molecule has 0 aromatic carbocycles. The maximum Gasteiger partial charge on any atom is 0.170 e. The fourth-order valence-corrected chi connectivity index (χ4v) is 2.89. The van der Waals surface area contributed by atoms with Crippen LogP contribution in [0.5, 0.6) is 0 Å². The van der Waals surface area contributed by atoms with Crippen molar-refractivity contribution in [1.82, 2.24) is 0 Å². The van der Waals surface area contributed by atoms with Crippen molar-refractivity contribution in [2.24, 2.45) is 0 Å². The number of rotatable bonds is 11. The fraction of sp³-hybridized carbons (Fsp3) is 0.500. The zero-order valence-corrected chi connectivity index (χ0v) is 14.7. The molecule has 4 heteroatoms. The van der Waals surface area contributed by atoms with Crippen LogP contribution in [0.25, 0.3) is 0 Å². The van der Waals surface area contributed by atoms with E-state index in [-0.39, 0.29) is 0 Å². The molecule has 0 saturated heterocycles. The van der Waals surface area contributed by atoms with Crippen molar-refractivity contribution in [1.29, 1.82) is 0 Å². The van der Waals surface area contributed by atoms with Gasteiger partial charge in [-0.15, -0.1) is 0 Å². The minimum absolute atomic E-state index is 0.834. The van der Waals surface area contributed by atoms with Crippen molar-refractivity contribution in [3.63, 3.8) is 0 Å². The summed E-state index contributed by atoms with van der Waals surface area (Å²) in [6, 6.07) is 7.84. The first-order valence-electron chi connectivity index (χ1n) is 9.23. The molecule has 130 valence electrons. The van der Waals surface area contributed by atoms with Crippen LogP contribution in [0.2, 0.25) is 0 Å². The zero-order valence-electron chi connectivity index (χ0n) is 14.7. The van der Waals surface area contributed by atoms with Crippen molar-refractivity contribution in [2.75, 3.05) is 11.5 Å². The van der Waals surface area contributed by atoms with Gasteiger partial charge >= 0.3 is 0 Å². The molecule has 0 aliphatic rings. The van der Waals surface area contributed by atoms with E-state index in [0.717, 1.165) is 24.5 Å². The van der Waals surface area contributed by atoms with Crippen molar-refractivity contribution < 1.29 is 9.13 Å². The predicted molar refractivity (Wildman–Crippen MR) is 99.0 cm³/mol. The summed E-state index contributed by atoms with van der Waals surface area (Å²) in [6.45, 7) is 2.19. The van der Waals surface area contributed by atoms with Gasteiger partial charge in [0.05, 0.1) is 0 Å². The third kappa shape index (κ3) is 7.44. The number of nitrogens with zero attached hydrogens (tertiary/aromatic N) is 2. The van der Waals surface area contributed by atoms with Crippen LogP contribution in [0.4, 0.5) is 11.4 Å². The lowest BCUT2D eigenvalue weighted by Crippen LogP contribution is -2.32. The zero-order chi connectivity index (χ0) is 17.0. The number of anilines is 2. The van der Waals surface area contributed by atoms with Gasteiger partial charge in [0.1, 0.15) is 13.1 Å². The molecule has 0 aliphatic heterocycles. The van der Waals surface area contributed by atoms with Gasteiger partial charge in [-0.3, -0.25) is 0 Å². The largest absolute Gasteiger partial charge is 0.398 e. The average Bonchev–Trinajstić information content (AvgIpc) is 2.60. The highest BCUT2D eigenvalue weighted by molar-refractivity contribution is 5.32. The number of hydrogen-bond donors (Lipinski definition) is 2. The van der Waals surface area contributed by atoms with E-state index in [1.54, 1.807) is 0 Å². The van der Waals surface area contributed by atoms with Gasteiger partial charge in [0.2, 0.25) is 0 Å². The van der Waals surface area contributed by atoms with E-state index in [1.807, 2.05) is 24.3 Å². The SMILES string of the molecule is Nc1cc[n+](CCCCCCCCCC[n+]2ccc(N)cc2)cc1. The quantitative estimate of drug-likeness (QED) is 0.491. The Morgan fingerprint density at radius 2 is 0.792 bits per heavy atom. The molecule has 2 heterocycles. The summed E-state index contributed by atoms with van der Waals surface area (Å²) < 4.78 is 4.43. The summed E-state index contributed by atoms with van der Waals surface area (Å²) in [4.78, 5) is 0. The number of aryl methyl sites for hydroxylation is 2. The molecule has 2 rings (SSSR count). The molecule has 0 bridgehead atoms. The second kappa shape index (κ2) is 10.6. The van der Waals surface area contributed by atoms with Gasteiger partial charge in [0.25, 0.3) is 0 Å². The van der Waals surface area contributed by atoms with Crippen LogP contribution in [0, 0.1) is 0 Å². The van der Waals surface area contributed by atoms with Gasteiger partial charge in [0.15, 0.2) is 24.8 Å². The van der Waals surface area contributed by atoms with Crippen LogP contribution in [0.3, 0.4) is 0 Å². The maximum absolute atomic E-state index is 5.69. The van der Waals surface area contributed by atoms with E-state index in [9.17, 15) is 0 Å². The molecule has 0 unspecified atom stereocenters. The average molecular weight is 329 g/mol. The molecule has 2 aromatic heterocycles. The van der Waals surface area contributed by atoms with Gasteiger partial charge in [-0.25, -0.2) is 9.13 Å². The van der Waals surface area contributed by atoms with Crippen molar-refractivity contribution >= 4 is 11.4 Å². The standard InChI is InChI=1S/C20H30N4/c21-19-9-15-23(16-10-19)13-7-5-3-1-2-4-6-8-14-24-17-11-20(22)12-18-24/h9-12,15-18,21-22H,1-8,13-14H2/p+2. The first kappa shape index (κ1) is 18.2. The topological polar surface area (TPSA) is 59.8 Å². The lowest BCUT2D eigenvalue weighted by molar-refractivity contribution is -0.697. The molecular formula is C20H32N4+2. The molecule has 0 amide bonds. The molecule has 0 aliphatic carbocycles. The molecule has 0 fully saturated rings. The first-order valence-corrected chi connectivity index (χ1v) is 9.23. The van der Waals surface area contributed by atoms with Crippen molar-refractivity contribution in [3.05, 3.63) is 49.1 Å². The van der Waals surface area contributed by atoms with Gasteiger partial charge in [-0.2, -0.15) is 0 Å². The molecule has 0 saturated carbocycles. The Kier molecular flexibility index (Phi) is 8.08. The molecule has 0 spiro atoms. The maximum atomic E-state index is 5.69. The van der Waals surface area contributed by atoms with Crippen LogP contribution >= 0.6 is 0 Å². The molecule has 0 radical (unpaired) electrons. The van der Waals surface area contributed by atoms with E-state index in [0.29, 0.717) is 0 Å². The monoisotopic (exact) mass is 328 g/mol. The Morgan fingerprint density at radius 1 is 0.500 bits per heavy atom. The molecular weight excluding hydrogens is 296 g/mol. The normalized spacial score (nSPS) is 10.8. The predicted octanol–water partition coefficient (Wildman–Crippen LogP) is 3.25. The highest BCUT2D eigenvalue weighted by Gasteiger charge is 2.01. The molecule has 2 aromatic rings. The Hall–Kier alpha value is -2.10. The third-order valence-corrected chi connectivity index (χ3v) is 4.42. The molecule has 24 heavy (non-hydrogen) atoms. The number of nitrogen functional groups attached to an aromatic ring is 2. The summed E-state index contributed by atoms with van der Waals surface area (Å²) in [7, 11) is 0. The summed E-state index contributed by atoms with van der Waals surface area (Å²) >= 11 is 0. The second-order valence-corrected chi connectivity index (χ2v) is 6.57. The van der Waals surface area contributed by atoms with Crippen molar-refractivity contribution in [3.8, 4) is 0 Å². The van der Waals surface area contributed by atoms with E-state index in [2.05, 4.69) is 33.9 Å². The number of aromatic nitrogens is 2. The summed E-state index contributed by atoms with van der Waals surface area (Å²) in [5.74, 6) is 0. The van der Waals surface area contributed by atoms with Gasteiger partial charge in [0, 0.05) is 48.5 Å². The van der Waals surface area contributed by atoms with E-state index < -0.39 is 0 Å². The number of pyridine rings is 2. The number of unbranched alkanes of at least 4 members (excludes halogenated alkanes) is 7. The lowest BCUT2D eigenvalue weighted by Gasteiger charge is -2.01. The van der Waals surface area contributed by atoms with E-state index in [4.69, 9.17) is 11.5 Å². The Balaban J connectivity index is 1.40. The van der Waals surface area contributed by atoms with Gasteiger partial charge < -0.3 is 11.5 Å². The fourth-order valence-electron chi connectivity index (χ4n) is 2.89. The first-order chi connectivity index (χ1) is 11.7. The minimum Gasteiger partial charge on any atom is -0.398 e. The van der Waals surface area contributed by atoms with E-state index in [1.165, 1.54) is 51.4 Å². The van der Waals surface area contributed by atoms with Crippen LogP contribution < -0.4 is 20.6 Å². The summed E-state index contributed by atoms with van der Waals surface area (Å²) in [6.07, 6.45) is 18.8. The van der Waals surface area contributed by atoms with Gasteiger partial charge in [-0.1, -0.05) is 25.7 Å². The second-order valence-electron chi connectivity index (χ2n) is 6.57. The Bertz CT molecular complexity index is 510.